The van der Waals surface area contributed by atoms with E-state index in [2.05, 4.69) is 30.5 Å². The van der Waals surface area contributed by atoms with Gasteiger partial charge in [-0.2, -0.15) is 0 Å². The number of nitrogens with one attached hydrogen (secondary N) is 2. The highest BCUT2D eigenvalue weighted by molar-refractivity contribution is 6.00. The van der Waals surface area contributed by atoms with Crippen molar-refractivity contribution in [3.05, 3.63) is 29.3 Å². The third kappa shape index (κ3) is 3.99. The average Bonchev–Trinajstić information content (AvgIpc) is 2.45. The van der Waals surface area contributed by atoms with E-state index in [-0.39, 0.29) is 5.91 Å². The summed E-state index contributed by atoms with van der Waals surface area (Å²) in [5.41, 5.74) is 3.10. The van der Waals surface area contributed by atoms with Crippen LogP contribution in [0.4, 0.5) is 5.69 Å². The molecular formula is C17H26N2O. The molecule has 1 aliphatic heterocycles. The van der Waals surface area contributed by atoms with E-state index in [9.17, 15) is 4.79 Å². The first-order valence-electron chi connectivity index (χ1n) is 7.82. The van der Waals surface area contributed by atoms with Crippen LogP contribution < -0.4 is 10.6 Å². The van der Waals surface area contributed by atoms with E-state index in [1.54, 1.807) is 0 Å². The van der Waals surface area contributed by atoms with E-state index in [0.29, 0.717) is 0 Å². The Hall–Kier alpha value is -1.51. The van der Waals surface area contributed by atoms with Gasteiger partial charge in [0.05, 0.1) is 11.3 Å². The minimum Gasteiger partial charge on any atom is -0.384 e. The Morgan fingerprint density at radius 3 is 3.00 bits per heavy atom. The standard InChI is InChI=1S/C17H26N2O/c1-13(2)7-3-4-11-19-17(20)15-10-5-8-14-9-6-12-18-16(14)15/h5,8,10,13,18H,3-4,6-7,9,11-12H2,1-2H3,(H,19,20). The van der Waals surface area contributed by atoms with E-state index in [0.717, 1.165) is 49.5 Å². The monoisotopic (exact) mass is 274 g/mol. The summed E-state index contributed by atoms with van der Waals surface area (Å²) in [7, 11) is 0. The zero-order chi connectivity index (χ0) is 14.4. The molecule has 1 aliphatic rings. The first-order valence-corrected chi connectivity index (χ1v) is 7.82. The fourth-order valence-corrected chi connectivity index (χ4v) is 2.67. The molecule has 20 heavy (non-hydrogen) atoms. The molecule has 3 nitrogen and oxygen atoms in total. The van der Waals surface area contributed by atoms with Crippen molar-refractivity contribution in [3.63, 3.8) is 0 Å². The Morgan fingerprint density at radius 2 is 2.20 bits per heavy atom. The number of rotatable bonds is 6. The Labute approximate surface area is 122 Å². The minimum atomic E-state index is 0.0563. The molecule has 2 rings (SSSR count). The van der Waals surface area contributed by atoms with E-state index in [4.69, 9.17) is 0 Å². The predicted molar refractivity (Wildman–Crippen MR) is 84.3 cm³/mol. The molecule has 0 spiro atoms. The van der Waals surface area contributed by atoms with Crippen molar-refractivity contribution in [2.45, 2.75) is 46.0 Å². The predicted octanol–water partition coefficient (Wildman–Crippen LogP) is 3.60. The van der Waals surface area contributed by atoms with Gasteiger partial charge in [0, 0.05) is 13.1 Å². The van der Waals surface area contributed by atoms with Crippen LogP contribution in [0.2, 0.25) is 0 Å². The maximum Gasteiger partial charge on any atom is 0.253 e. The summed E-state index contributed by atoms with van der Waals surface area (Å²) >= 11 is 0. The summed E-state index contributed by atoms with van der Waals surface area (Å²) < 4.78 is 0. The van der Waals surface area contributed by atoms with Crippen LogP contribution in [0, 0.1) is 5.92 Å². The molecule has 110 valence electrons. The molecule has 1 heterocycles. The average molecular weight is 274 g/mol. The highest BCUT2D eigenvalue weighted by Crippen LogP contribution is 2.25. The molecule has 1 aromatic rings. The summed E-state index contributed by atoms with van der Waals surface area (Å²) in [6.07, 6.45) is 5.69. The number of aryl methyl sites for hydroxylation is 1. The van der Waals surface area contributed by atoms with Crippen LogP contribution in [0.5, 0.6) is 0 Å². The van der Waals surface area contributed by atoms with Gasteiger partial charge in [0.2, 0.25) is 0 Å². The second-order valence-electron chi connectivity index (χ2n) is 6.02. The lowest BCUT2D eigenvalue weighted by Crippen LogP contribution is -2.26. The first-order chi connectivity index (χ1) is 9.68. The number of amides is 1. The molecular weight excluding hydrogens is 248 g/mol. The summed E-state index contributed by atoms with van der Waals surface area (Å²) in [4.78, 5) is 12.3. The van der Waals surface area contributed by atoms with Crippen LogP contribution >= 0.6 is 0 Å². The maximum absolute atomic E-state index is 12.3. The van der Waals surface area contributed by atoms with Crippen molar-refractivity contribution in [1.82, 2.24) is 5.32 Å². The maximum atomic E-state index is 12.3. The lowest BCUT2D eigenvalue weighted by Gasteiger charge is -2.20. The molecule has 3 heteroatoms. The number of hydrogen-bond acceptors (Lipinski definition) is 2. The molecule has 0 atom stereocenters. The molecule has 0 unspecified atom stereocenters. The Bertz CT molecular complexity index is 454. The molecule has 0 aromatic heterocycles. The zero-order valence-electron chi connectivity index (χ0n) is 12.7. The fraction of sp³-hybridized carbons (Fsp3) is 0.588. The SMILES string of the molecule is CC(C)CCCCNC(=O)c1cccc2c1NCCC2. The quantitative estimate of drug-likeness (QED) is 0.778. The number of hydrogen-bond donors (Lipinski definition) is 2. The molecule has 0 bridgehead atoms. The molecule has 0 fully saturated rings. The molecule has 2 N–H and O–H groups in total. The smallest absolute Gasteiger partial charge is 0.253 e. The van der Waals surface area contributed by atoms with Gasteiger partial charge in [0.1, 0.15) is 0 Å². The van der Waals surface area contributed by atoms with Crippen molar-refractivity contribution in [2.75, 3.05) is 18.4 Å². The van der Waals surface area contributed by atoms with Crippen molar-refractivity contribution >= 4 is 11.6 Å². The number of benzene rings is 1. The minimum absolute atomic E-state index is 0.0563. The Morgan fingerprint density at radius 1 is 1.35 bits per heavy atom. The summed E-state index contributed by atoms with van der Waals surface area (Å²) in [5.74, 6) is 0.803. The lowest BCUT2D eigenvalue weighted by atomic mass is 9.99. The Kier molecular flexibility index (Phi) is 5.45. The number of fused-ring (bicyclic) bond motifs is 1. The highest BCUT2D eigenvalue weighted by atomic mass is 16.1. The topological polar surface area (TPSA) is 41.1 Å². The molecule has 0 saturated heterocycles. The third-order valence-corrected chi connectivity index (χ3v) is 3.81. The highest BCUT2D eigenvalue weighted by Gasteiger charge is 2.16. The van der Waals surface area contributed by atoms with Gasteiger partial charge in [-0.3, -0.25) is 4.79 Å². The number of carbonyl (C=O) groups is 1. The second kappa shape index (κ2) is 7.32. The first kappa shape index (κ1) is 14.9. The number of para-hydroxylation sites is 1. The van der Waals surface area contributed by atoms with E-state index in [1.807, 2.05) is 12.1 Å². The van der Waals surface area contributed by atoms with Crippen LogP contribution in [0.25, 0.3) is 0 Å². The van der Waals surface area contributed by atoms with Gasteiger partial charge in [0.15, 0.2) is 0 Å². The molecule has 1 amide bonds. The van der Waals surface area contributed by atoms with Crippen molar-refractivity contribution in [3.8, 4) is 0 Å². The van der Waals surface area contributed by atoms with Crippen LogP contribution in [0.3, 0.4) is 0 Å². The zero-order valence-corrected chi connectivity index (χ0v) is 12.7. The third-order valence-electron chi connectivity index (χ3n) is 3.81. The van der Waals surface area contributed by atoms with Gasteiger partial charge in [-0.1, -0.05) is 38.8 Å². The largest absolute Gasteiger partial charge is 0.384 e. The Balaban J connectivity index is 1.86. The molecule has 1 aromatic carbocycles. The van der Waals surface area contributed by atoms with Crippen molar-refractivity contribution in [1.29, 1.82) is 0 Å². The van der Waals surface area contributed by atoms with Crippen LogP contribution in [-0.2, 0) is 6.42 Å². The van der Waals surface area contributed by atoms with E-state index in [1.165, 1.54) is 18.4 Å². The lowest BCUT2D eigenvalue weighted by molar-refractivity contribution is 0.0953. The fourth-order valence-electron chi connectivity index (χ4n) is 2.67. The normalized spacial score (nSPS) is 13.8. The summed E-state index contributed by atoms with van der Waals surface area (Å²) in [5, 5.41) is 6.41. The van der Waals surface area contributed by atoms with Gasteiger partial charge >= 0.3 is 0 Å². The van der Waals surface area contributed by atoms with Gasteiger partial charge in [0.25, 0.3) is 5.91 Å². The van der Waals surface area contributed by atoms with Crippen LogP contribution in [0.1, 0.15) is 55.5 Å². The molecule has 0 aliphatic carbocycles. The number of carbonyl (C=O) groups excluding carboxylic acids is 1. The second-order valence-corrected chi connectivity index (χ2v) is 6.02. The molecule has 0 radical (unpaired) electrons. The van der Waals surface area contributed by atoms with Gasteiger partial charge in [-0.15, -0.1) is 0 Å². The summed E-state index contributed by atoms with van der Waals surface area (Å²) in [6, 6.07) is 6.01. The number of anilines is 1. The van der Waals surface area contributed by atoms with Crippen LogP contribution in [0.15, 0.2) is 18.2 Å². The van der Waals surface area contributed by atoms with Crippen molar-refractivity contribution in [2.24, 2.45) is 5.92 Å². The van der Waals surface area contributed by atoms with Crippen molar-refractivity contribution < 1.29 is 4.79 Å². The van der Waals surface area contributed by atoms with Gasteiger partial charge < -0.3 is 10.6 Å². The van der Waals surface area contributed by atoms with Gasteiger partial charge in [-0.05, 0) is 36.8 Å². The van der Waals surface area contributed by atoms with Crippen LogP contribution in [-0.4, -0.2) is 19.0 Å². The van der Waals surface area contributed by atoms with E-state index >= 15 is 0 Å². The molecule has 0 saturated carbocycles. The van der Waals surface area contributed by atoms with Gasteiger partial charge in [-0.25, -0.2) is 0 Å². The van der Waals surface area contributed by atoms with E-state index < -0.39 is 0 Å². The summed E-state index contributed by atoms with van der Waals surface area (Å²) in [6.45, 7) is 6.21. The number of unbranched alkanes of at least 4 members (excludes halogenated alkanes) is 1.